The van der Waals surface area contributed by atoms with Crippen molar-refractivity contribution in [3.8, 4) is 0 Å². The van der Waals surface area contributed by atoms with Crippen LogP contribution in [0.5, 0.6) is 0 Å². The molecule has 2 nitrogen and oxygen atoms in total. The highest BCUT2D eigenvalue weighted by molar-refractivity contribution is 7.09. The number of hydrogen-bond acceptors (Lipinski definition) is 3. The van der Waals surface area contributed by atoms with E-state index in [1.54, 1.807) is 0 Å². The van der Waals surface area contributed by atoms with E-state index in [2.05, 4.69) is 19.2 Å². The van der Waals surface area contributed by atoms with Gasteiger partial charge in [-0.15, -0.1) is 11.3 Å². The largest absolute Gasteiger partial charge is 0.330 e. The molecule has 1 aromatic rings. The molecule has 0 amide bonds. The molecule has 1 aliphatic rings. The van der Waals surface area contributed by atoms with Crippen molar-refractivity contribution >= 4 is 11.3 Å². The number of hydrogen-bond donors (Lipinski definition) is 1. The molecule has 102 valence electrons. The molecule has 0 aliphatic heterocycles. The van der Waals surface area contributed by atoms with E-state index < -0.39 is 0 Å². The Bertz CT molecular complexity index is 364. The summed E-state index contributed by atoms with van der Waals surface area (Å²) in [5.74, 6) is 0.742. The summed E-state index contributed by atoms with van der Waals surface area (Å²) in [6, 6.07) is 0. The Kier molecular flexibility index (Phi) is 4.79. The Morgan fingerprint density at radius 3 is 2.72 bits per heavy atom. The minimum atomic E-state index is 0.247. The fourth-order valence-corrected chi connectivity index (χ4v) is 3.45. The zero-order valence-corrected chi connectivity index (χ0v) is 12.6. The molecule has 3 heteroatoms. The highest BCUT2D eigenvalue weighted by atomic mass is 32.1. The van der Waals surface area contributed by atoms with E-state index in [9.17, 15) is 0 Å². The topological polar surface area (TPSA) is 38.9 Å². The standard InChI is InChI=1S/C15H26N2S/c1-15(2,11-16)9-8-14-17-13(10-18-14)12-6-4-3-5-7-12/h10,12H,3-9,11,16H2,1-2H3. The first-order valence-electron chi connectivity index (χ1n) is 7.25. The van der Waals surface area contributed by atoms with E-state index in [0.29, 0.717) is 0 Å². The molecule has 1 heterocycles. The Balaban J connectivity index is 1.89. The normalized spacial score (nSPS) is 18.2. The summed E-state index contributed by atoms with van der Waals surface area (Å²) >= 11 is 1.84. The van der Waals surface area contributed by atoms with Gasteiger partial charge in [0, 0.05) is 11.3 Å². The highest BCUT2D eigenvalue weighted by Crippen LogP contribution is 2.33. The highest BCUT2D eigenvalue weighted by Gasteiger charge is 2.20. The summed E-state index contributed by atoms with van der Waals surface area (Å²) in [7, 11) is 0. The number of aromatic nitrogens is 1. The minimum absolute atomic E-state index is 0.247. The zero-order valence-electron chi connectivity index (χ0n) is 11.7. The van der Waals surface area contributed by atoms with Crippen LogP contribution in [0.3, 0.4) is 0 Å². The zero-order chi connectivity index (χ0) is 13.0. The number of rotatable bonds is 5. The van der Waals surface area contributed by atoms with Crippen molar-refractivity contribution in [1.29, 1.82) is 0 Å². The summed E-state index contributed by atoms with van der Waals surface area (Å²) in [4.78, 5) is 4.85. The van der Waals surface area contributed by atoms with Crippen LogP contribution in [-0.2, 0) is 6.42 Å². The second kappa shape index (κ2) is 6.16. The van der Waals surface area contributed by atoms with Crippen molar-refractivity contribution in [2.24, 2.45) is 11.1 Å². The summed E-state index contributed by atoms with van der Waals surface area (Å²) in [5.41, 5.74) is 7.38. The third kappa shape index (κ3) is 3.79. The first-order valence-corrected chi connectivity index (χ1v) is 8.13. The fraction of sp³-hybridized carbons (Fsp3) is 0.800. The van der Waals surface area contributed by atoms with Gasteiger partial charge in [-0.1, -0.05) is 33.1 Å². The smallest absolute Gasteiger partial charge is 0.0928 e. The lowest BCUT2D eigenvalue weighted by Crippen LogP contribution is -2.24. The lowest BCUT2D eigenvalue weighted by atomic mass is 9.87. The molecule has 0 spiro atoms. The van der Waals surface area contributed by atoms with Gasteiger partial charge in [0.2, 0.25) is 0 Å². The molecule has 1 fully saturated rings. The van der Waals surface area contributed by atoms with Crippen LogP contribution in [-0.4, -0.2) is 11.5 Å². The van der Waals surface area contributed by atoms with E-state index in [1.807, 2.05) is 11.3 Å². The molecule has 0 atom stereocenters. The maximum Gasteiger partial charge on any atom is 0.0928 e. The van der Waals surface area contributed by atoms with Crippen LogP contribution < -0.4 is 5.73 Å². The van der Waals surface area contributed by atoms with Crippen molar-refractivity contribution in [3.05, 3.63) is 16.1 Å². The fourth-order valence-electron chi connectivity index (χ4n) is 2.57. The average molecular weight is 266 g/mol. The van der Waals surface area contributed by atoms with Crippen LogP contribution in [0, 0.1) is 5.41 Å². The van der Waals surface area contributed by atoms with Crippen molar-refractivity contribution in [3.63, 3.8) is 0 Å². The van der Waals surface area contributed by atoms with Gasteiger partial charge in [0.05, 0.1) is 10.7 Å². The molecule has 1 aromatic heterocycles. The van der Waals surface area contributed by atoms with Crippen LogP contribution >= 0.6 is 11.3 Å². The molecular formula is C15H26N2S. The van der Waals surface area contributed by atoms with Crippen LogP contribution in [0.2, 0.25) is 0 Å². The van der Waals surface area contributed by atoms with Gasteiger partial charge in [-0.05, 0) is 37.6 Å². The van der Waals surface area contributed by atoms with Gasteiger partial charge < -0.3 is 5.73 Å². The maximum atomic E-state index is 5.78. The van der Waals surface area contributed by atoms with Crippen molar-refractivity contribution < 1.29 is 0 Å². The van der Waals surface area contributed by atoms with Gasteiger partial charge in [0.15, 0.2) is 0 Å². The second-order valence-corrected chi connectivity index (χ2v) is 7.31. The summed E-state index contributed by atoms with van der Waals surface area (Å²) in [6.45, 7) is 5.24. The molecule has 0 bridgehead atoms. The maximum absolute atomic E-state index is 5.78. The van der Waals surface area contributed by atoms with Crippen LogP contribution in [0.25, 0.3) is 0 Å². The van der Waals surface area contributed by atoms with Gasteiger partial charge in [-0.2, -0.15) is 0 Å². The predicted octanol–water partition coefficient (Wildman–Crippen LogP) is 4.11. The number of thiazole rings is 1. The molecule has 2 N–H and O–H groups in total. The number of aryl methyl sites for hydroxylation is 1. The van der Waals surface area contributed by atoms with Gasteiger partial charge >= 0.3 is 0 Å². The molecule has 0 aromatic carbocycles. The molecule has 0 radical (unpaired) electrons. The summed E-state index contributed by atoms with van der Waals surface area (Å²) in [5, 5.41) is 3.60. The third-order valence-corrected chi connectivity index (χ3v) is 5.09. The van der Waals surface area contributed by atoms with Gasteiger partial charge in [0.25, 0.3) is 0 Å². The molecule has 1 aliphatic carbocycles. The molecule has 2 rings (SSSR count). The Hall–Kier alpha value is -0.410. The van der Waals surface area contributed by atoms with Crippen LogP contribution in [0.1, 0.15) is 69.0 Å². The first-order chi connectivity index (χ1) is 8.61. The number of nitrogens with zero attached hydrogens (tertiary/aromatic N) is 1. The van der Waals surface area contributed by atoms with E-state index in [4.69, 9.17) is 10.7 Å². The first kappa shape index (κ1) is 14.0. The minimum Gasteiger partial charge on any atom is -0.330 e. The van der Waals surface area contributed by atoms with E-state index in [-0.39, 0.29) is 5.41 Å². The van der Waals surface area contributed by atoms with E-state index in [0.717, 1.165) is 25.3 Å². The van der Waals surface area contributed by atoms with Gasteiger partial charge in [-0.3, -0.25) is 0 Å². The Labute approximate surface area is 115 Å². The molecule has 0 unspecified atom stereocenters. The molecule has 18 heavy (non-hydrogen) atoms. The summed E-state index contributed by atoms with van der Waals surface area (Å²) < 4.78 is 0. The average Bonchev–Trinajstić information content (AvgIpc) is 2.86. The Morgan fingerprint density at radius 2 is 2.06 bits per heavy atom. The second-order valence-electron chi connectivity index (χ2n) is 6.37. The lowest BCUT2D eigenvalue weighted by Gasteiger charge is -2.21. The summed E-state index contributed by atoms with van der Waals surface area (Å²) in [6.07, 6.45) is 9.10. The third-order valence-electron chi connectivity index (χ3n) is 4.16. The molecular weight excluding hydrogens is 240 g/mol. The quantitative estimate of drug-likeness (QED) is 0.871. The Morgan fingerprint density at radius 1 is 1.33 bits per heavy atom. The van der Waals surface area contributed by atoms with Gasteiger partial charge in [-0.25, -0.2) is 4.98 Å². The van der Waals surface area contributed by atoms with E-state index >= 15 is 0 Å². The lowest BCUT2D eigenvalue weighted by molar-refractivity contribution is 0.347. The van der Waals surface area contributed by atoms with Crippen LogP contribution in [0.15, 0.2) is 5.38 Å². The van der Waals surface area contributed by atoms with Gasteiger partial charge in [0.1, 0.15) is 0 Å². The predicted molar refractivity (Wildman–Crippen MR) is 79.1 cm³/mol. The molecule has 1 saturated carbocycles. The monoisotopic (exact) mass is 266 g/mol. The van der Waals surface area contributed by atoms with E-state index in [1.165, 1.54) is 42.8 Å². The van der Waals surface area contributed by atoms with Crippen LogP contribution in [0.4, 0.5) is 0 Å². The molecule has 0 saturated heterocycles. The van der Waals surface area contributed by atoms with Crippen molar-refractivity contribution in [1.82, 2.24) is 4.98 Å². The SMILES string of the molecule is CC(C)(CN)CCc1nc(C2CCCCC2)cs1. The van der Waals surface area contributed by atoms with Crippen molar-refractivity contribution in [2.45, 2.75) is 64.7 Å². The van der Waals surface area contributed by atoms with Crippen molar-refractivity contribution in [2.75, 3.05) is 6.54 Å². The number of nitrogens with two attached hydrogens (primary N) is 1.